The van der Waals surface area contributed by atoms with Crippen LogP contribution in [-0.4, -0.2) is 16.1 Å². The molecule has 5 heteroatoms. The minimum atomic E-state index is 0.535. The second kappa shape index (κ2) is 4.87. The first-order valence-corrected chi connectivity index (χ1v) is 5.64. The van der Waals surface area contributed by atoms with Crippen molar-refractivity contribution < 1.29 is 0 Å². The summed E-state index contributed by atoms with van der Waals surface area (Å²) >= 11 is 11.8. The van der Waals surface area contributed by atoms with E-state index < -0.39 is 0 Å². The smallest absolute Gasteiger partial charge is 0.0995 e. The van der Waals surface area contributed by atoms with Gasteiger partial charge in [-0.15, -0.1) is 0 Å². The van der Waals surface area contributed by atoms with Gasteiger partial charge in [0.2, 0.25) is 0 Å². The molecule has 0 saturated heterocycles. The summed E-state index contributed by atoms with van der Waals surface area (Å²) in [4.78, 5) is 4.24. The summed E-state index contributed by atoms with van der Waals surface area (Å²) < 4.78 is 1.90. The lowest BCUT2D eigenvalue weighted by Gasteiger charge is -2.03. The predicted molar refractivity (Wildman–Crippen MR) is 66.3 cm³/mol. The third-order valence-corrected chi connectivity index (χ3v) is 2.98. The molecule has 0 fully saturated rings. The number of imidazole rings is 1. The minimum Gasteiger partial charge on any atom is -0.330 e. The summed E-state index contributed by atoms with van der Waals surface area (Å²) in [6.07, 6.45) is 4.45. The van der Waals surface area contributed by atoms with Crippen molar-refractivity contribution in [1.29, 1.82) is 0 Å². The van der Waals surface area contributed by atoms with Crippen LogP contribution in [0.15, 0.2) is 30.7 Å². The molecule has 1 heterocycles. The fourth-order valence-electron chi connectivity index (χ4n) is 1.43. The van der Waals surface area contributed by atoms with Crippen LogP contribution < -0.4 is 5.73 Å². The highest BCUT2D eigenvalue weighted by atomic mass is 35.5. The second-order valence-electron chi connectivity index (χ2n) is 3.41. The van der Waals surface area contributed by atoms with E-state index >= 15 is 0 Å². The van der Waals surface area contributed by atoms with Gasteiger partial charge in [0.1, 0.15) is 0 Å². The lowest BCUT2D eigenvalue weighted by atomic mass is 10.3. The van der Waals surface area contributed by atoms with Gasteiger partial charge in [-0.25, -0.2) is 4.98 Å². The van der Waals surface area contributed by atoms with Gasteiger partial charge in [0.25, 0.3) is 0 Å². The maximum Gasteiger partial charge on any atom is 0.0995 e. The Labute approximate surface area is 104 Å². The molecule has 2 rings (SSSR count). The molecule has 0 unspecified atom stereocenters. The molecule has 2 aromatic rings. The molecule has 0 saturated carbocycles. The van der Waals surface area contributed by atoms with Gasteiger partial charge in [-0.3, -0.25) is 0 Å². The summed E-state index contributed by atoms with van der Waals surface area (Å²) in [5.74, 6) is 0. The van der Waals surface area contributed by atoms with Crippen molar-refractivity contribution >= 4 is 23.2 Å². The highest BCUT2D eigenvalue weighted by molar-refractivity contribution is 6.42. The van der Waals surface area contributed by atoms with Crippen LogP contribution in [0.3, 0.4) is 0 Å². The van der Waals surface area contributed by atoms with Crippen LogP contribution in [0.25, 0.3) is 5.69 Å². The summed E-state index contributed by atoms with van der Waals surface area (Å²) in [7, 11) is 0. The van der Waals surface area contributed by atoms with E-state index in [0.717, 1.165) is 17.8 Å². The minimum absolute atomic E-state index is 0.535. The standard InChI is InChI=1S/C11H11Cl2N3/c12-10-2-1-9(5-11(10)13)16-6-8(3-4-14)15-7-16/h1-2,5-7H,3-4,14H2. The van der Waals surface area contributed by atoms with Gasteiger partial charge < -0.3 is 10.3 Å². The van der Waals surface area contributed by atoms with E-state index in [9.17, 15) is 0 Å². The number of nitrogens with two attached hydrogens (primary N) is 1. The van der Waals surface area contributed by atoms with E-state index in [1.807, 2.05) is 16.8 Å². The van der Waals surface area contributed by atoms with Crippen molar-refractivity contribution in [3.63, 3.8) is 0 Å². The third-order valence-electron chi connectivity index (χ3n) is 2.24. The summed E-state index contributed by atoms with van der Waals surface area (Å²) in [5.41, 5.74) is 7.37. The van der Waals surface area contributed by atoms with Gasteiger partial charge in [0, 0.05) is 18.3 Å². The van der Waals surface area contributed by atoms with Crippen LogP contribution in [0.1, 0.15) is 5.69 Å². The monoisotopic (exact) mass is 255 g/mol. The van der Waals surface area contributed by atoms with Crippen molar-refractivity contribution in [3.8, 4) is 5.69 Å². The zero-order valence-electron chi connectivity index (χ0n) is 8.53. The van der Waals surface area contributed by atoms with Crippen LogP contribution >= 0.6 is 23.2 Å². The third kappa shape index (κ3) is 2.38. The Morgan fingerprint density at radius 1 is 1.25 bits per heavy atom. The molecule has 0 aliphatic carbocycles. The lowest BCUT2D eigenvalue weighted by Crippen LogP contribution is -2.02. The van der Waals surface area contributed by atoms with E-state index in [0.29, 0.717) is 16.6 Å². The fourth-order valence-corrected chi connectivity index (χ4v) is 1.72. The molecular weight excluding hydrogens is 245 g/mol. The van der Waals surface area contributed by atoms with Gasteiger partial charge in [-0.1, -0.05) is 23.2 Å². The van der Waals surface area contributed by atoms with E-state index in [1.54, 1.807) is 18.5 Å². The molecule has 0 aliphatic heterocycles. The maximum atomic E-state index is 5.95. The molecule has 0 spiro atoms. The van der Waals surface area contributed by atoms with Crippen LogP contribution in [-0.2, 0) is 6.42 Å². The molecule has 0 bridgehead atoms. The molecule has 2 N–H and O–H groups in total. The fraction of sp³-hybridized carbons (Fsp3) is 0.182. The average Bonchev–Trinajstić information content (AvgIpc) is 2.71. The van der Waals surface area contributed by atoms with Gasteiger partial charge in [-0.05, 0) is 24.7 Å². The number of benzene rings is 1. The zero-order chi connectivity index (χ0) is 11.5. The highest BCUT2D eigenvalue weighted by Crippen LogP contribution is 2.24. The average molecular weight is 256 g/mol. The first-order valence-electron chi connectivity index (χ1n) is 4.89. The molecule has 1 aromatic carbocycles. The molecule has 84 valence electrons. The second-order valence-corrected chi connectivity index (χ2v) is 4.22. The number of halogens is 2. The molecule has 0 atom stereocenters. The summed E-state index contributed by atoms with van der Waals surface area (Å²) in [6, 6.07) is 5.46. The Morgan fingerprint density at radius 3 is 2.75 bits per heavy atom. The highest BCUT2D eigenvalue weighted by Gasteiger charge is 2.03. The molecule has 3 nitrogen and oxygen atoms in total. The van der Waals surface area contributed by atoms with Crippen LogP contribution in [0, 0.1) is 0 Å². The largest absolute Gasteiger partial charge is 0.330 e. The van der Waals surface area contributed by atoms with Crippen molar-refractivity contribution in [2.24, 2.45) is 5.73 Å². The van der Waals surface area contributed by atoms with Crippen molar-refractivity contribution in [2.45, 2.75) is 6.42 Å². The maximum absolute atomic E-state index is 5.95. The Hall–Kier alpha value is -1.03. The van der Waals surface area contributed by atoms with Gasteiger partial charge in [0.15, 0.2) is 0 Å². The number of rotatable bonds is 3. The van der Waals surface area contributed by atoms with Crippen molar-refractivity contribution in [3.05, 3.63) is 46.5 Å². The van der Waals surface area contributed by atoms with Gasteiger partial charge in [-0.2, -0.15) is 0 Å². The van der Waals surface area contributed by atoms with Crippen LogP contribution in [0.2, 0.25) is 10.0 Å². The van der Waals surface area contributed by atoms with Crippen LogP contribution in [0.4, 0.5) is 0 Å². The summed E-state index contributed by atoms with van der Waals surface area (Å²) in [6.45, 7) is 0.596. The molecular formula is C11H11Cl2N3. The SMILES string of the molecule is NCCc1cn(-c2ccc(Cl)c(Cl)c2)cn1. The number of hydrogen-bond acceptors (Lipinski definition) is 2. The quantitative estimate of drug-likeness (QED) is 0.917. The Kier molecular flexibility index (Phi) is 3.49. The summed E-state index contributed by atoms with van der Waals surface area (Å²) in [5, 5.41) is 1.08. The van der Waals surface area contributed by atoms with E-state index in [-0.39, 0.29) is 0 Å². The number of aromatic nitrogens is 2. The van der Waals surface area contributed by atoms with Gasteiger partial charge >= 0.3 is 0 Å². The molecule has 0 aliphatic rings. The topological polar surface area (TPSA) is 43.8 Å². The predicted octanol–water partition coefficient (Wildman–Crippen LogP) is 2.68. The van der Waals surface area contributed by atoms with Crippen molar-refractivity contribution in [2.75, 3.05) is 6.54 Å². The van der Waals surface area contributed by atoms with E-state index in [2.05, 4.69) is 4.98 Å². The molecule has 16 heavy (non-hydrogen) atoms. The lowest BCUT2D eigenvalue weighted by molar-refractivity contribution is 0.934. The van der Waals surface area contributed by atoms with E-state index in [1.165, 1.54) is 0 Å². The Morgan fingerprint density at radius 2 is 2.06 bits per heavy atom. The number of hydrogen-bond donors (Lipinski definition) is 1. The van der Waals surface area contributed by atoms with Crippen LogP contribution in [0.5, 0.6) is 0 Å². The first kappa shape index (κ1) is 11.5. The van der Waals surface area contributed by atoms with Gasteiger partial charge in [0.05, 0.1) is 22.1 Å². The Balaban J connectivity index is 2.31. The van der Waals surface area contributed by atoms with E-state index in [4.69, 9.17) is 28.9 Å². The Bertz CT molecular complexity index is 494. The van der Waals surface area contributed by atoms with Crippen molar-refractivity contribution in [1.82, 2.24) is 9.55 Å². The first-order chi connectivity index (χ1) is 7.70. The number of nitrogens with zero attached hydrogens (tertiary/aromatic N) is 2. The molecule has 1 aromatic heterocycles. The normalized spacial score (nSPS) is 10.7. The molecule has 0 radical (unpaired) electrons. The zero-order valence-corrected chi connectivity index (χ0v) is 10.0. The molecule has 0 amide bonds.